The molecule has 0 unspecified atom stereocenters. The Hall–Kier alpha value is -2.80. The van der Waals surface area contributed by atoms with Crippen LogP contribution in [0.2, 0.25) is 10.0 Å². The molecule has 0 spiro atoms. The fourth-order valence-corrected chi connectivity index (χ4v) is 4.78. The van der Waals surface area contributed by atoms with Crippen LogP contribution in [0, 0.1) is 5.82 Å². The van der Waals surface area contributed by atoms with Gasteiger partial charge in [-0.2, -0.15) is 0 Å². The highest BCUT2D eigenvalue weighted by atomic mass is 35.5. The second kappa shape index (κ2) is 12.4. The summed E-state index contributed by atoms with van der Waals surface area (Å²) in [5, 5.41) is 1.18. The summed E-state index contributed by atoms with van der Waals surface area (Å²) in [5.41, 5.74) is 2.55. The highest BCUT2D eigenvalue weighted by Crippen LogP contribution is 2.29. The van der Waals surface area contributed by atoms with Crippen LogP contribution < -0.4 is 9.47 Å². The number of nitrogens with zero attached hydrogens (tertiary/aromatic N) is 2. The lowest BCUT2D eigenvalue weighted by atomic mass is 10.1. The maximum atomic E-state index is 13.3. The largest absolute Gasteiger partial charge is 0.493 e. The Labute approximate surface area is 221 Å². The maximum absolute atomic E-state index is 13.3. The summed E-state index contributed by atoms with van der Waals surface area (Å²) in [6, 6.07) is 17.2. The number of hydrogen-bond acceptors (Lipinski definition) is 4. The molecule has 1 amide bonds. The highest BCUT2D eigenvalue weighted by molar-refractivity contribution is 6.35. The minimum Gasteiger partial charge on any atom is -0.493 e. The number of benzene rings is 3. The van der Waals surface area contributed by atoms with Crippen LogP contribution in [0.15, 0.2) is 60.7 Å². The molecule has 1 aliphatic heterocycles. The van der Waals surface area contributed by atoms with Crippen molar-refractivity contribution in [3.05, 3.63) is 93.2 Å². The zero-order valence-corrected chi connectivity index (χ0v) is 21.7. The predicted octanol–water partition coefficient (Wildman–Crippen LogP) is 6.11. The van der Waals surface area contributed by atoms with Crippen molar-refractivity contribution < 1.29 is 18.7 Å². The smallest absolute Gasteiger partial charge is 0.254 e. The second-order valence-corrected chi connectivity index (χ2v) is 9.59. The molecule has 1 aliphatic rings. The van der Waals surface area contributed by atoms with E-state index in [0.717, 1.165) is 37.2 Å². The summed E-state index contributed by atoms with van der Waals surface area (Å²) in [7, 11) is 1.57. The molecular weight excluding hydrogens is 502 g/mol. The molecule has 0 saturated carbocycles. The number of hydrogen-bond donors (Lipinski definition) is 0. The Morgan fingerprint density at radius 3 is 2.50 bits per heavy atom. The van der Waals surface area contributed by atoms with Crippen LogP contribution in [-0.2, 0) is 13.0 Å². The summed E-state index contributed by atoms with van der Waals surface area (Å²) in [6.07, 6.45) is 1.46. The first-order valence-electron chi connectivity index (χ1n) is 11.9. The van der Waals surface area contributed by atoms with E-state index in [-0.39, 0.29) is 11.7 Å². The van der Waals surface area contributed by atoms with Crippen molar-refractivity contribution in [2.24, 2.45) is 0 Å². The molecular formula is C28H29Cl2FN2O3. The number of carbonyl (C=O) groups is 1. The zero-order valence-electron chi connectivity index (χ0n) is 20.2. The average Bonchev–Trinajstić information content (AvgIpc) is 3.12. The monoisotopic (exact) mass is 530 g/mol. The van der Waals surface area contributed by atoms with Gasteiger partial charge >= 0.3 is 0 Å². The maximum Gasteiger partial charge on any atom is 0.254 e. The second-order valence-electron chi connectivity index (χ2n) is 8.75. The van der Waals surface area contributed by atoms with E-state index in [1.165, 1.54) is 12.1 Å². The molecule has 36 heavy (non-hydrogen) atoms. The molecule has 5 nitrogen and oxygen atoms in total. The Bertz CT molecular complexity index is 1190. The van der Waals surface area contributed by atoms with Gasteiger partial charge in [0.05, 0.1) is 13.7 Å². The number of amides is 1. The third-order valence-electron chi connectivity index (χ3n) is 6.25. The van der Waals surface area contributed by atoms with Gasteiger partial charge in [0, 0.05) is 54.8 Å². The van der Waals surface area contributed by atoms with E-state index >= 15 is 0 Å². The van der Waals surface area contributed by atoms with Crippen LogP contribution in [0.1, 0.15) is 27.9 Å². The minimum atomic E-state index is -0.233. The van der Waals surface area contributed by atoms with E-state index in [4.69, 9.17) is 32.7 Å². The van der Waals surface area contributed by atoms with Crippen molar-refractivity contribution in [2.75, 3.05) is 39.9 Å². The van der Waals surface area contributed by atoms with Gasteiger partial charge in [-0.1, -0.05) is 41.4 Å². The first-order chi connectivity index (χ1) is 17.4. The topological polar surface area (TPSA) is 42.0 Å². The van der Waals surface area contributed by atoms with Crippen LogP contribution in [-0.4, -0.2) is 55.6 Å². The van der Waals surface area contributed by atoms with Gasteiger partial charge in [0.25, 0.3) is 5.91 Å². The molecule has 0 radical (unpaired) electrons. The Balaban J connectivity index is 1.37. The number of methoxy groups -OCH3 is 1. The number of halogens is 3. The van der Waals surface area contributed by atoms with Gasteiger partial charge in [0.15, 0.2) is 11.5 Å². The summed E-state index contributed by atoms with van der Waals surface area (Å²) in [4.78, 5) is 17.5. The molecule has 0 bridgehead atoms. The van der Waals surface area contributed by atoms with Gasteiger partial charge in [-0.25, -0.2) is 4.39 Å². The molecule has 0 atom stereocenters. The molecule has 8 heteroatoms. The fourth-order valence-electron chi connectivity index (χ4n) is 4.28. The van der Waals surface area contributed by atoms with Crippen molar-refractivity contribution in [2.45, 2.75) is 19.4 Å². The molecule has 1 fully saturated rings. The summed E-state index contributed by atoms with van der Waals surface area (Å²) in [5.74, 6) is 0.811. The van der Waals surface area contributed by atoms with Crippen LogP contribution in [0.25, 0.3) is 0 Å². The van der Waals surface area contributed by atoms with Crippen LogP contribution in [0.5, 0.6) is 11.5 Å². The number of carbonyl (C=O) groups excluding carboxylic acids is 1. The molecule has 1 saturated heterocycles. The zero-order chi connectivity index (χ0) is 25.5. The quantitative estimate of drug-likeness (QED) is 0.352. The summed E-state index contributed by atoms with van der Waals surface area (Å²) in [6.45, 7) is 4.04. The lowest BCUT2D eigenvalue weighted by molar-refractivity contribution is 0.0760. The van der Waals surface area contributed by atoms with E-state index in [1.807, 2.05) is 23.1 Å². The van der Waals surface area contributed by atoms with Crippen LogP contribution in [0.4, 0.5) is 4.39 Å². The number of rotatable bonds is 8. The van der Waals surface area contributed by atoms with Crippen LogP contribution >= 0.6 is 23.2 Å². The molecule has 4 rings (SSSR count). The molecule has 0 aromatic heterocycles. The van der Waals surface area contributed by atoms with Gasteiger partial charge < -0.3 is 14.4 Å². The van der Waals surface area contributed by atoms with Crippen molar-refractivity contribution in [3.8, 4) is 11.5 Å². The summed E-state index contributed by atoms with van der Waals surface area (Å²) >= 11 is 12.2. The van der Waals surface area contributed by atoms with E-state index < -0.39 is 0 Å². The molecule has 0 N–H and O–H groups in total. The normalized spacial score (nSPS) is 14.4. The van der Waals surface area contributed by atoms with E-state index in [2.05, 4.69) is 4.90 Å². The Morgan fingerprint density at radius 2 is 1.75 bits per heavy atom. The molecule has 1 heterocycles. The van der Waals surface area contributed by atoms with Gasteiger partial charge in [-0.15, -0.1) is 0 Å². The third-order valence-corrected chi connectivity index (χ3v) is 6.84. The SMILES string of the molecule is COc1ccc(C(=O)N2CCCN(Cc3ccc(F)cc3)CC2)cc1OCCc1ccc(Cl)cc1Cl. The Kier molecular flexibility index (Phi) is 9.08. The lowest BCUT2D eigenvalue weighted by Crippen LogP contribution is -2.35. The number of ether oxygens (including phenoxy) is 2. The lowest BCUT2D eigenvalue weighted by Gasteiger charge is -2.22. The first kappa shape index (κ1) is 26.3. The van der Waals surface area contributed by atoms with E-state index in [0.29, 0.717) is 53.2 Å². The first-order valence-corrected chi connectivity index (χ1v) is 12.7. The van der Waals surface area contributed by atoms with Crippen molar-refractivity contribution in [1.82, 2.24) is 9.80 Å². The van der Waals surface area contributed by atoms with Gasteiger partial charge in [-0.05, 0) is 60.0 Å². The van der Waals surface area contributed by atoms with Gasteiger partial charge in [-0.3, -0.25) is 9.69 Å². The third kappa shape index (κ3) is 6.90. The highest BCUT2D eigenvalue weighted by Gasteiger charge is 2.22. The predicted molar refractivity (Wildman–Crippen MR) is 141 cm³/mol. The molecule has 3 aromatic carbocycles. The minimum absolute atomic E-state index is 0.0353. The van der Waals surface area contributed by atoms with Crippen LogP contribution in [0.3, 0.4) is 0 Å². The van der Waals surface area contributed by atoms with E-state index in [9.17, 15) is 9.18 Å². The molecule has 3 aromatic rings. The molecule has 0 aliphatic carbocycles. The fraction of sp³-hybridized carbons (Fsp3) is 0.321. The van der Waals surface area contributed by atoms with Gasteiger partial charge in [0.2, 0.25) is 0 Å². The summed E-state index contributed by atoms with van der Waals surface area (Å²) < 4.78 is 24.6. The van der Waals surface area contributed by atoms with Crippen molar-refractivity contribution in [3.63, 3.8) is 0 Å². The average molecular weight is 531 g/mol. The molecule has 190 valence electrons. The Morgan fingerprint density at radius 1 is 0.944 bits per heavy atom. The van der Waals surface area contributed by atoms with Crippen molar-refractivity contribution >= 4 is 29.1 Å². The standard InChI is InChI=1S/C28H29Cl2FN2O3/c1-35-26-10-6-22(17-27(26)36-16-11-21-5-7-23(29)18-25(21)30)28(34)33-13-2-12-32(14-15-33)19-20-3-8-24(31)9-4-20/h3-10,17-18H,2,11-16,19H2,1H3. The van der Waals surface area contributed by atoms with Crippen molar-refractivity contribution in [1.29, 1.82) is 0 Å². The van der Waals surface area contributed by atoms with E-state index in [1.54, 1.807) is 37.4 Å². The van der Waals surface area contributed by atoms with Gasteiger partial charge in [0.1, 0.15) is 5.82 Å².